The number of primary amides is 1. The Labute approximate surface area is 152 Å². The fraction of sp³-hybridized carbons (Fsp3) is 0.235. The highest BCUT2D eigenvalue weighted by molar-refractivity contribution is 7.89. The minimum Gasteiger partial charge on any atom is -0.492 e. The summed E-state index contributed by atoms with van der Waals surface area (Å²) in [5.41, 5.74) is 6.14. The van der Waals surface area contributed by atoms with E-state index < -0.39 is 22.0 Å². The van der Waals surface area contributed by atoms with Gasteiger partial charge in [-0.05, 0) is 37.1 Å². The van der Waals surface area contributed by atoms with Gasteiger partial charge in [0, 0.05) is 0 Å². The van der Waals surface area contributed by atoms with Crippen molar-refractivity contribution in [3.05, 3.63) is 59.1 Å². The molecular weight excluding hydrogens is 364 g/mol. The molecule has 3 N–H and O–H groups in total. The number of carbonyl (C=O) groups excluding carboxylic acids is 1. The molecule has 0 saturated heterocycles. The largest absolute Gasteiger partial charge is 0.492 e. The average molecular weight is 383 g/mol. The van der Waals surface area contributed by atoms with Crippen molar-refractivity contribution in [3.8, 4) is 5.75 Å². The monoisotopic (exact) mass is 382 g/mol. The molecule has 0 spiro atoms. The number of nitrogens with two attached hydrogens (primary N) is 1. The van der Waals surface area contributed by atoms with Crippen molar-refractivity contribution in [2.75, 3.05) is 6.61 Å². The van der Waals surface area contributed by atoms with E-state index >= 15 is 0 Å². The van der Waals surface area contributed by atoms with Gasteiger partial charge < -0.3 is 10.5 Å². The molecule has 0 fully saturated rings. The molecule has 0 radical (unpaired) electrons. The SMILES string of the molecule is CCOc1ccc(S(=O)(=O)N[C@H](Cc2ccccc2)C(N)=O)cc1Cl. The first-order valence-electron chi connectivity index (χ1n) is 7.61. The lowest BCUT2D eigenvalue weighted by atomic mass is 10.1. The Morgan fingerprint density at radius 3 is 2.48 bits per heavy atom. The van der Waals surface area contributed by atoms with Crippen molar-refractivity contribution in [3.63, 3.8) is 0 Å². The van der Waals surface area contributed by atoms with Crippen LogP contribution >= 0.6 is 11.6 Å². The standard InChI is InChI=1S/C17H19ClN2O4S/c1-2-24-16-9-8-13(11-14(16)18)25(22,23)20-15(17(19)21)10-12-6-4-3-5-7-12/h3-9,11,15,20H,2,10H2,1H3,(H2,19,21)/t15-/m1/s1. The molecule has 2 aromatic carbocycles. The zero-order valence-corrected chi connectivity index (χ0v) is 15.2. The number of carbonyl (C=O) groups is 1. The fourth-order valence-corrected chi connectivity index (χ4v) is 3.76. The second kappa shape index (κ2) is 8.33. The average Bonchev–Trinajstić information content (AvgIpc) is 2.57. The van der Waals surface area contributed by atoms with Gasteiger partial charge in [0.15, 0.2) is 0 Å². The van der Waals surface area contributed by atoms with Gasteiger partial charge in [-0.15, -0.1) is 0 Å². The second-order valence-corrected chi connectivity index (χ2v) is 7.41. The molecule has 1 atom stereocenters. The van der Waals surface area contributed by atoms with Crippen LogP contribution in [0.25, 0.3) is 0 Å². The summed E-state index contributed by atoms with van der Waals surface area (Å²) in [5.74, 6) is -0.372. The van der Waals surface area contributed by atoms with Crippen molar-refractivity contribution in [2.45, 2.75) is 24.3 Å². The predicted octanol–water partition coefficient (Wildman–Crippen LogP) is 2.11. The third-order valence-corrected chi connectivity index (χ3v) is 5.20. The smallest absolute Gasteiger partial charge is 0.241 e. The summed E-state index contributed by atoms with van der Waals surface area (Å²) in [6.45, 7) is 2.20. The van der Waals surface area contributed by atoms with E-state index in [4.69, 9.17) is 22.1 Å². The van der Waals surface area contributed by atoms with Crippen LogP contribution in [-0.2, 0) is 21.2 Å². The van der Waals surface area contributed by atoms with Crippen LogP contribution in [0.15, 0.2) is 53.4 Å². The van der Waals surface area contributed by atoms with Gasteiger partial charge in [-0.2, -0.15) is 4.72 Å². The zero-order chi connectivity index (χ0) is 18.4. The van der Waals surface area contributed by atoms with Crippen molar-refractivity contribution in [2.24, 2.45) is 5.73 Å². The Hall–Kier alpha value is -2.09. The first-order valence-corrected chi connectivity index (χ1v) is 9.47. The Morgan fingerprint density at radius 1 is 1.24 bits per heavy atom. The Balaban J connectivity index is 2.22. The lowest BCUT2D eigenvalue weighted by molar-refractivity contribution is -0.119. The molecule has 0 aliphatic carbocycles. The van der Waals surface area contributed by atoms with E-state index in [0.717, 1.165) is 5.56 Å². The number of amides is 1. The van der Waals surface area contributed by atoms with Crippen LogP contribution in [0.5, 0.6) is 5.75 Å². The molecule has 2 aromatic rings. The first kappa shape index (κ1) is 19.2. The summed E-state index contributed by atoms with van der Waals surface area (Å²) in [6, 6.07) is 12.0. The maximum atomic E-state index is 12.5. The molecule has 0 aliphatic heterocycles. The van der Waals surface area contributed by atoms with E-state index in [1.54, 1.807) is 31.2 Å². The molecular formula is C17H19ClN2O4S. The van der Waals surface area contributed by atoms with Gasteiger partial charge >= 0.3 is 0 Å². The van der Waals surface area contributed by atoms with Gasteiger partial charge in [-0.1, -0.05) is 41.9 Å². The van der Waals surface area contributed by atoms with Crippen LogP contribution < -0.4 is 15.2 Å². The van der Waals surface area contributed by atoms with Gasteiger partial charge in [-0.25, -0.2) is 8.42 Å². The van der Waals surface area contributed by atoms with Crippen LogP contribution in [0.1, 0.15) is 12.5 Å². The van der Waals surface area contributed by atoms with Gasteiger partial charge in [0.05, 0.1) is 16.5 Å². The highest BCUT2D eigenvalue weighted by atomic mass is 35.5. The predicted molar refractivity (Wildman–Crippen MR) is 96.1 cm³/mol. The van der Waals surface area contributed by atoms with Crippen molar-refractivity contribution in [1.29, 1.82) is 0 Å². The molecule has 134 valence electrons. The van der Waals surface area contributed by atoms with Gasteiger partial charge in [-0.3, -0.25) is 4.79 Å². The van der Waals surface area contributed by atoms with Gasteiger partial charge in [0.25, 0.3) is 0 Å². The molecule has 0 aromatic heterocycles. The quantitative estimate of drug-likeness (QED) is 0.730. The van der Waals surface area contributed by atoms with Crippen LogP contribution in [0.4, 0.5) is 0 Å². The Morgan fingerprint density at radius 2 is 1.92 bits per heavy atom. The van der Waals surface area contributed by atoms with E-state index in [0.29, 0.717) is 12.4 Å². The summed E-state index contributed by atoms with van der Waals surface area (Å²) in [4.78, 5) is 11.6. The minimum atomic E-state index is -3.97. The van der Waals surface area contributed by atoms with Crippen LogP contribution in [0.3, 0.4) is 0 Å². The van der Waals surface area contributed by atoms with Gasteiger partial charge in [0.2, 0.25) is 15.9 Å². The molecule has 0 saturated carbocycles. The van der Waals surface area contributed by atoms with Crippen molar-refractivity contribution >= 4 is 27.5 Å². The van der Waals surface area contributed by atoms with Crippen LogP contribution in [0.2, 0.25) is 5.02 Å². The maximum absolute atomic E-state index is 12.5. The molecule has 0 aliphatic rings. The van der Waals surface area contributed by atoms with Crippen molar-refractivity contribution in [1.82, 2.24) is 4.72 Å². The van der Waals surface area contributed by atoms with E-state index in [1.807, 2.05) is 6.07 Å². The summed E-state index contributed by atoms with van der Waals surface area (Å²) in [5, 5.41) is 0.170. The maximum Gasteiger partial charge on any atom is 0.241 e. The zero-order valence-electron chi connectivity index (χ0n) is 13.6. The number of benzene rings is 2. The number of halogens is 1. The summed E-state index contributed by atoms with van der Waals surface area (Å²) in [7, 11) is -3.97. The molecule has 0 bridgehead atoms. The molecule has 0 heterocycles. The first-order chi connectivity index (χ1) is 11.8. The molecule has 8 heteroatoms. The topological polar surface area (TPSA) is 98.5 Å². The molecule has 6 nitrogen and oxygen atoms in total. The molecule has 0 unspecified atom stereocenters. The van der Waals surface area contributed by atoms with E-state index in [9.17, 15) is 13.2 Å². The number of ether oxygens (including phenoxy) is 1. The normalized spacial score (nSPS) is 12.6. The van der Waals surface area contributed by atoms with Crippen LogP contribution in [-0.4, -0.2) is 27.0 Å². The number of hydrogen-bond donors (Lipinski definition) is 2. The van der Waals surface area contributed by atoms with Gasteiger partial charge in [0.1, 0.15) is 11.8 Å². The number of sulfonamides is 1. The lowest BCUT2D eigenvalue weighted by Crippen LogP contribution is -2.45. The minimum absolute atomic E-state index is 0.0692. The number of rotatable bonds is 8. The number of nitrogens with one attached hydrogen (secondary N) is 1. The second-order valence-electron chi connectivity index (χ2n) is 5.29. The third kappa shape index (κ3) is 5.19. The summed E-state index contributed by atoms with van der Waals surface area (Å²) < 4.78 is 32.7. The Bertz CT molecular complexity index is 841. The van der Waals surface area contributed by atoms with Crippen molar-refractivity contribution < 1.29 is 17.9 Å². The third-order valence-electron chi connectivity index (χ3n) is 3.44. The summed E-state index contributed by atoms with van der Waals surface area (Å²) in [6.07, 6.45) is 0.153. The lowest BCUT2D eigenvalue weighted by Gasteiger charge is -2.16. The number of hydrogen-bond acceptors (Lipinski definition) is 4. The van der Waals surface area contributed by atoms with E-state index in [2.05, 4.69) is 4.72 Å². The fourth-order valence-electron chi connectivity index (χ4n) is 2.23. The Kier molecular flexibility index (Phi) is 6.41. The molecule has 2 rings (SSSR count). The van der Waals surface area contributed by atoms with E-state index in [-0.39, 0.29) is 16.3 Å². The highest BCUT2D eigenvalue weighted by Crippen LogP contribution is 2.27. The molecule has 1 amide bonds. The van der Waals surface area contributed by atoms with Crippen LogP contribution in [0, 0.1) is 0 Å². The van der Waals surface area contributed by atoms with E-state index in [1.165, 1.54) is 18.2 Å². The molecule has 25 heavy (non-hydrogen) atoms. The summed E-state index contributed by atoms with van der Waals surface area (Å²) >= 11 is 6.03. The highest BCUT2D eigenvalue weighted by Gasteiger charge is 2.25.